The zero-order valence-corrected chi connectivity index (χ0v) is 10.2. The first-order valence-electron chi connectivity index (χ1n) is 4.75. The molecule has 0 saturated heterocycles. The number of nitrogens with one attached hydrogen (secondary N) is 1. The van der Waals surface area contributed by atoms with Crippen molar-refractivity contribution in [2.24, 2.45) is 0 Å². The molecule has 4 nitrogen and oxygen atoms in total. The van der Waals surface area contributed by atoms with Gasteiger partial charge < -0.3 is 14.8 Å². The van der Waals surface area contributed by atoms with E-state index in [0.29, 0.717) is 17.2 Å². The number of rotatable bonds is 4. The predicted octanol–water partition coefficient (Wildman–Crippen LogP) is 2.27. The Morgan fingerprint density at radius 2 is 2.06 bits per heavy atom. The van der Waals surface area contributed by atoms with Gasteiger partial charge in [-0.3, -0.25) is 4.79 Å². The minimum atomic E-state index is -0.601. The molecule has 0 fully saturated rings. The van der Waals surface area contributed by atoms with E-state index in [1.165, 1.54) is 7.11 Å². The Morgan fingerprint density at radius 1 is 1.38 bits per heavy atom. The van der Waals surface area contributed by atoms with E-state index in [1.807, 2.05) is 0 Å². The SMILES string of the molecule is COc1ccc(OC)c(NC(=O)[C@H](C)Cl)c1. The minimum Gasteiger partial charge on any atom is -0.497 e. The van der Waals surface area contributed by atoms with E-state index >= 15 is 0 Å². The molecule has 0 aliphatic heterocycles. The maximum Gasteiger partial charge on any atom is 0.242 e. The highest BCUT2D eigenvalue weighted by Gasteiger charge is 2.12. The van der Waals surface area contributed by atoms with Crippen molar-refractivity contribution >= 4 is 23.2 Å². The van der Waals surface area contributed by atoms with Gasteiger partial charge in [0.25, 0.3) is 0 Å². The van der Waals surface area contributed by atoms with Crippen LogP contribution in [-0.4, -0.2) is 25.5 Å². The number of hydrogen-bond acceptors (Lipinski definition) is 3. The average Bonchev–Trinajstić information content (AvgIpc) is 2.28. The molecule has 0 heterocycles. The number of ether oxygens (including phenoxy) is 2. The molecule has 88 valence electrons. The van der Waals surface area contributed by atoms with E-state index < -0.39 is 5.38 Å². The van der Waals surface area contributed by atoms with Crippen LogP contribution in [0, 0.1) is 0 Å². The molecule has 0 spiro atoms. The summed E-state index contributed by atoms with van der Waals surface area (Å²) in [5, 5.41) is 2.06. The van der Waals surface area contributed by atoms with Gasteiger partial charge in [0.1, 0.15) is 16.9 Å². The van der Waals surface area contributed by atoms with E-state index in [-0.39, 0.29) is 5.91 Å². The number of carbonyl (C=O) groups excluding carboxylic acids is 1. The van der Waals surface area contributed by atoms with Crippen LogP contribution in [0.2, 0.25) is 0 Å². The molecule has 1 rings (SSSR count). The molecule has 5 heteroatoms. The lowest BCUT2D eigenvalue weighted by Gasteiger charge is -2.12. The molecule has 0 bridgehead atoms. The second-order valence-electron chi connectivity index (χ2n) is 3.17. The number of hydrogen-bond donors (Lipinski definition) is 1. The normalized spacial score (nSPS) is 11.8. The highest BCUT2D eigenvalue weighted by molar-refractivity contribution is 6.32. The highest BCUT2D eigenvalue weighted by atomic mass is 35.5. The van der Waals surface area contributed by atoms with E-state index in [4.69, 9.17) is 21.1 Å². The van der Waals surface area contributed by atoms with Gasteiger partial charge in [0.15, 0.2) is 0 Å². The zero-order chi connectivity index (χ0) is 12.1. The van der Waals surface area contributed by atoms with Gasteiger partial charge in [0.2, 0.25) is 5.91 Å². The summed E-state index contributed by atoms with van der Waals surface area (Å²) in [6, 6.07) is 5.14. The zero-order valence-electron chi connectivity index (χ0n) is 9.41. The smallest absolute Gasteiger partial charge is 0.242 e. The monoisotopic (exact) mass is 243 g/mol. The van der Waals surface area contributed by atoms with E-state index in [2.05, 4.69) is 5.32 Å². The highest BCUT2D eigenvalue weighted by Crippen LogP contribution is 2.29. The summed E-state index contributed by atoms with van der Waals surface area (Å²) in [4.78, 5) is 11.4. The minimum absolute atomic E-state index is 0.284. The van der Waals surface area contributed by atoms with Gasteiger partial charge in [0, 0.05) is 6.07 Å². The van der Waals surface area contributed by atoms with E-state index in [1.54, 1.807) is 32.2 Å². The van der Waals surface area contributed by atoms with Crippen LogP contribution in [0.4, 0.5) is 5.69 Å². The number of methoxy groups -OCH3 is 2. The second kappa shape index (κ2) is 5.61. The lowest BCUT2D eigenvalue weighted by molar-refractivity contribution is -0.115. The Labute approximate surface area is 99.5 Å². The summed E-state index contributed by atoms with van der Waals surface area (Å²) in [7, 11) is 3.08. The summed E-state index contributed by atoms with van der Waals surface area (Å²) in [5.41, 5.74) is 0.541. The first kappa shape index (κ1) is 12.6. The maximum atomic E-state index is 11.4. The quantitative estimate of drug-likeness (QED) is 0.826. The van der Waals surface area contributed by atoms with Crippen LogP contribution in [0.1, 0.15) is 6.92 Å². The third-order valence-electron chi connectivity index (χ3n) is 2.03. The molecule has 16 heavy (non-hydrogen) atoms. The summed E-state index contributed by atoms with van der Waals surface area (Å²) in [6.45, 7) is 1.60. The molecule has 0 saturated carbocycles. The van der Waals surface area contributed by atoms with E-state index in [0.717, 1.165) is 0 Å². The van der Waals surface area contributed by atoms with Gasteiger partial charge in [0.05, 0.1) is 19.9 Å². The number of carbonyl (C=O) groups is 1. The molecule has 1 amide bonds. The van der Waals surface area contributed by atoms with Crippen molar-refractivity contribution in [3.63, 3.8) is 0 Å². The molecule has 0 radical (unpaired) electrons. The lowest BCUT2D eigenvalue weighted by Crippen LogP contribution is -2.20. The summed E-state index contributed by atoms with van der Waals surface area (Å²) < 4.78 is 10.2. The number of halogens is 1. The standard InChI is InChI=1S/C11H14ClNO3/c1-7(12)11(14)13-9-6-8(15-2)4-5-10(9)16-3/h4-7H,1-3H3,(H,13,14)/t7-/m0/s1. The predicted molar refractivity (Wildman–Crippen MR) is 63.5 cm³/mol. The van der Waals surface area contributed by atoms with Gasteiger partial charge in [-0.2, -0.15) is 0 Å². The molecule has 0 aliphatic carbocycles. The average molecular weight is 244 g/mol. The number of amides is 1. The van der Waals surface area contributed by atoms with Crippen LogP contribution < -0.4 is 14.8 Å². The number of alkyl halides is 1. The van der Waals surface area contributed by atoms with Gasteiger partial charge >= 0.3 is 0 Å². The third-order valence-corrected chi connectivity index (χ3v) is 2.22. The van der Waals surface area contributed by atoms with Crippen molar-refractivity contribution < 1.29 is 14.3 Å². The van der Waals surface area contributed by atoms with Crippen LogP contribution in [0.15, 0.2) is 18.2 Å². The molecule has 1 atom stereocenters. The van der Waals surface area contributed by atoms with Crippen LogP contribution >= 0.6 is 11.6 Å². The third kappa shape index (κ3) is 3.03. The molecular formula is C11H14ClNO3. The maximum absolute atomic E-state index is 11.4. The van der Waals surface area contributed by atoms with E-state index in [9.17, 15) is 4.79 Å². The Morgan fingerprint density at radius 3 is 2.56 bits per heavy atom. The molecule has 1 aromatic carbocycles. The lowest BCUT2D eigenvalue weighted by atomic mass is 10.2. The molecular weight excluding hydrogens is 230 g/mol. The molecule has 0 aliphatic rings. The number of anilines is 1. The van der Waals surface area contributed by atoms with Crippen molar-refractivity contribution in [2.75, 3.05) is 19.5 Å². The Kier molecular flexibility index (Phi) is 4.43. The fourth-order valence-electron chi connectivity index (χ4n) is 1.14. The fraction of sp³-hybridized carbons (Fsp3) is 0.364. The van der Waals surface area contributed by atoms with Crippen LogP contribution in [0.3, 0.4) is 0 Å². The van der Waals surface area contributed by atoms with Crippen molar-refractivity contribution in [2.45, 2.75) is 12.3 Å². The van der Waals surface area contributed by atoms with Gasteiger partial charge in [-0.25, -0.2) is 0 Å². The number of benzene rings is 1. The van der Waals surface area contributed by atoms with Crippen LogP contribution in [0.25, 0.3) is 0 Å². The Bertz CT molecular complexity index is 379. The Balaban J connectivity index is 2.95. The molecule has 1 aromatic rings. The van der Waals surface area contributed by atoms with Gasteiger partial charge in [-0.1, -0.05) is 0 Å². The fourth-order valence-corrected chi connectivity index (χ4v) is 1.20. The largest absolute Gasteiger partial charge is 0.497 e. The van der Waals surface area contributed by atoms with Crippen molar-refractivity contribution in [3.8, 4) is 11.5 Å². The topological polar surface area (TPSA) is 47.6 Å². The second-order valence-corrected chi connectivity index (χ2v) is 3.83. The van der Waals surface area contributed by atoms with Gasteiger partial charge in [-0.15, -0.1) is 11.6 Å². The van der Waals surface area contributed by atoms with Crippen molar-refractivity contribution in [3.05, 3.63) is 18.2 Å². The molecule has 1 N–H and O–H groups in total. The Hall–Kier alpha value is -1.42. The first-order chi connectivity index (χ1) is 7.58. The molecule has 0 aromatic heterocycles. The van der Waals surface area contributed by atoms with Gasteiger partial charge in [-0.05, 0) is 19.1 Å². The summed E-state index contributed by atoms with van der Waals surface area (Å²) >= 11 is 5.66. The summed E-state index contributed by atoms with van der Waals surface area (Å²) in [6.07, 6.45) is 0. The summed E-state index contributed by atoms with van der Waals surface area (Å²) in [5.74, 6) is 0.915. The van der Waals surface area contributed by atoms with Crippen LogP contribution in [0.5, 0.6) is 11.5 Å². The van der Waals surface area contributed by atoms with Crippen molar-refractivity contribution in [1.82, 2.24) is 0 Å². The molecule has 0 unspecified atom stereocenters. The van der Waals surface area contributed by atoms with Crippen LogP contribution in [-0.2, 0) is 4.79 Å². The van der Waals surface area contributed by atoms with Crippen molar-refractivity contribution in [1.29, 1.82) is 0 Å². The first-order valence-corrected chi connectivity index (χ1v) is 5.19.